The summed E-state index contributed by atoms with van der Waals surface area (Å²) in [5, 5.41) is 7.47. The number of hydrogen-bond acceptors (Lipinski definition) is 4. The summed E-state index contributed by atoms with van der Waals surface area (Å²) < 4.78 is 2.75. The van der Waals surface area contributed by atoms with Gasteiger partial charge in [-0.25, -0.2) is 13.9 Å². The van der Waals surface area contributed by atoms with Crippen LogP contribution in [-0.4, -0.2) is 25.7 Å². The van der Waals surface area contributed by atoms with Crippen molar-refractivity contribution >= 4 is 5.65 Å². The molecule has 8 heteroatoms. The maximum atomic E-state index is 11.7. The van der Waals surface area contributed by atoms with Gasteiger partial charge in [-0.15, -0.1) is 5.10 Å². The summed E-state index contributed by atoms with van der Waals surface area (Å²) in [5.41, 5.74) is 8.39. The van der Waals surface area contributed by atoms with Gasteiger partial charge in [-0.3, -0.25) is 4.98 Å². The quantitative estimate of drug-likeness (QED) is 0.325. The lowest BCUT2D eigenvalue weighted by Crippen LogP contribution is -2.21. The number of aryl methyl sites for hydroxylation is 1. The van der Waals surface area contributed by atoms with E-state index in [2.05, 4.69) is 20.1 Å². The Hall–Kier alpha value is -2.34. The highest BCUT2D eigenvalue weighted by molar-refractivity contribution is 5.31. The summed E-state index contributed by atoms with van der Waals surface area (Å²) in [6, 6.07) is 0. The van der Waals surface area contributed by atoms with Crippen molar-refractivity contribution in [1.82, 2.24) is 19.2 Å². The van der Waals surface area contributed by atoms with Crippen molar-refractivity contribution in [3.63, 3.8) is 0 Å². The van der Waals surface area contributed by atoms with Crippen molar-refractivity contribution in [2.75, 3.05) is 6.54 Å². The Morgan fingerprint density at radius 2 is 2.44 bits per heavy atom. The Bertz CT molecular complexity index is 592. The molecule has 2 heterocycles. The molecule has 2 aromatic heterocycles. The highest BCUT2D eigenvalue weighted by atomic mass is 16.2. The third-order valence-corrected chi connectivity index (χ3v) is 2.08. The minimum atomic E-state index is -0.210. The lowest BCUT2D eigenvalue weighted by atomic mass is 10.4. The van der Waals surface area contributed by atoms with Gasteiger partial charge in [0.25, 0.3) is 0 Å². The van der Waals surface area contributed by atoms with E-state index in [4.69, 9.17) is 5.53 Å². The van der Waals surface area contributed by atoms with E-state index < -0.39 is 0 Å². The molecule has 0 amide bonds. The molecule has 2 aromatic rings. The standard InChI is InChI=1S/C8H9N7O/c9-13-11-2-1-4-15-8(16)14-5-3-10-6-7(14)12-15/h3,5-6H,1-2,4H2. The predicted molar refractivity (Wildman–Crippen MR) is 55.9 cm³/mol. The van der Waals surface area contributed by atoms with Gasteiger partial charge in [0.2, 0.25) is 0 Å². The van der Waals surface area contributed by atoms with E-state index in [0.29, 0.717) is 25.2 Å². The summed E-state index contributed by atoms with van der Waals surface area (Å²) in [6.45, 7) is 0.786. The zero-order chi connectivity index (χ0) is 11.4. The number of azide groups is 1. The molecule has 2 rings (SSSR count). The van der Waals surface area contributed by atoms with E-state index >= 15 is 0 Å². The molecule has 0 unspecified atom stereocenters. The molecule has 8 nitrogen and oxygen atoms in total. The smallest absolute Gasteiger partial charge is 0.259 e. The molecule has 0 aromatic carbocycles. The second kappa shape index (κ2) is 4.45. The molecule has 0 atom stereocenters. The van der Waals surface area contributed by atoms with Crippen LogP contribution < -0.4 is 5.69 Å². The van der Waals surface area contributed by atoms with Crippen LogP contribution in [0.4, 0.5) is 0 Å². The number of aromatic nitrogens is 4. The third-order valence-electron chi connectivity index (χ3n) is 2.08. The minimum Gasteiger partial charge on any atom is -0.259 e. The molecule has 0 saturated heterocycles. The van der Waals surface area contributed by atoms with Gasteiger partial charge in [0, 0.05) is 30.4 Å². The van der Waals surface area contributed by atoms with Gasteiger partial charge in [0.05, 0.1) is 6.20 Å². The Morgan fingerprint density at radius 3 is 3.19 bits per heavy atom. The van der Waals surface area contributed by atoms with Gasteiger partial charge in [-0.1, -0.05) is 5.11 Å². The second-order valence-electron chi connectivity index (χ2n) is 3.12. The fourth-order valence-electron chi connectivity index (χ4n) is 1.36. The normalized spacial score (nSPS) is 10.2. The van der Waals surface area contributed by atoms with E-state index in [0.717, 1.165) is 0 Å². The molecule has 0 fully saturated rings. The van der Waals surface area contributed by atoms with Crippen LogP contribution in [0.3, 0.4) is 0 Å². The molecule has 0 aliphatic rings. The fraction of sp³-hybridized carbons (Fsp3) is 0.375. The van der Waals surface area contributed by atoms with E-state index in [-0.39, 0.29) is 5.69 Å². The number of hydrogen-bond donors (Lipinski definition) is 0. The summed E-state index contributed by atoms with van der Waals surface area (Å²) in [5.74, 6) is 0. The van der Waals surface area contributed by atoms with Crippen LogP contribution in [0.15, 0.2) is 28.5 Å². The topological polar surface area (TPSA) is 101 Å². The maximum absolute atomic E-state index is 11.7. The number of nitrogens with zero attached hydrogens (tertiary/aromatic N) is 7. The lowest BCUT2D eigenvalue weighted by molar-refractivity contribution is 0.566. The van der Waals surface area contributed by atoms with Gasteiger partial charge >= 0.3 is 5.69 Å². The minimum absolute atomic E-state index is 0.210. The van der Waals surface area contributed by atoms with Crippen LogP contribution in [0, 0.1) is 0 Å². The predicted octanol–water partition coefficient (Wildman–Crippen LogP) is 0.591. The van der Waals surface area contributed by atoms with Crippen molar-refractivity contribution < 1.29 is 0 Å². The average molecular weight is 219 g/mol. The van der Waals surface area contributed by atoms with Gasteiger partial charge in [0.1, 0.15) is 0 Å². The maximum Gasteiger partial charge on any atom is 0.350 e. The fourth-order valence-corrected chi connectivity index (χ4v) is 1.36. The first-order valence-corrected chi connectivity index (χ1v) is 4.73. The van der Waals surface area contributed by atoms with Crippen LogP contribution in [0.2, 0.25) is 0 Å². The monoisotopic (exact) mass is 219 g/mol. The molecule has 0 saturated carbocycles. The average Bonchev–Trinajstić information content (AvgIpc) is 2.63. The molecular weight excluding hydrogens is 210 g/mol. The van der Waals surface area contributed by atoms with Crippen molar-refractivity contribution in [2.45, 2.75) is 13.0 Å². The first-order valence-electron chi connectivity index (χ1n) is 4.73. The van der Waals surface area contributed by atoms with E-state index in [1.807, 2.05) is 0 Å². The van der Waals surface area contributed by atoms with Crippen molar-refractivity contribution in [3.8, 4) is 0 Å². The van der Waals surface area contributed by atoms with E-state index in [1.165, 1.54) is 21.5 Å². The Kier molecular flexibility index (Phi) is 2.84. The van der Waals surface area contributed by atoms with Crippen LogP contribution in [0.1, 0.15) is 6.42 Å². The van der Waals surface area contributed by atoms with Gasteiger partial charge < -0.3 is 0 Å². The summed E-state index contributed by atoms with van der Waals surface area (Å²) in [7, 11) is 0. The molecule has 0 N–H and O–H groups in total. The highest BCUT2D eigenvalue weighted by Crippen LogP contribution is 1.93. The summed E-state index contributed by atoms with van der Waals surface area (Å²) in [4.78, 5) is 18.2. The number of fused-ring (bicyclic) bond motifs is 1. The van der Waals surface area contributed by atoms with Crippen molar-refractivity contribution in [2.24, 2.45) is 5.11 Å². The zero-order valence-corrected chi connectivity index (χ0v) is 8.39. The van der Waals surface area contributed by atoms with Gasteiger partial charge in [0.15, 0.2) is 5.65 Å². The SMILES string of the molecule is [N-]=[N+]=NCCCn1nc2cnccn2c1=O. The Morgan fingerprint density at radius 1 is 1.56 bits per heavy atom. The molecule has 82 valence electrons. The molecule has 0 aliphatic heterocycles. The van der Waals surface area contributed by atoms with Gasteiger partial charge in [-0.2, -0.15) is 0 Å². The second-order valence-corrected chi connectivity index (χ2v) is 3.12. The first-order chi connectivity index (χ1) is 7.83. The Balaban J connectivity index is 2.21. The number of rotatable bonds is 4. The summed E-state index contributed by atoms with van der Waals surface area (Å²) >= 11 is 0. The van der Waals surface area contributed by atoms with Gasteiger partial charge in [-0.05, 0) is 12.0 Å². The largest absolute Gasteiger partial charge is 0.350 e. The van der Waals surface area contributed by atoms with Crippen LogP contribution in [0.5, 0.6) is 0 Å². The molecule has 0 spiro atoms. The van der Waals surface area contributed by atoms with E-state index in [1.54, 1.807) is 6.20 Å². The summed E-state index contributed by atoms with van der Waals surface area (Å²) in [6.07, 6.45) is 5.20. The molecule has 0 radical (unpaired) electrons. The Labute approximate surface area is 89.8 Å². The van der Waals surface area contributed by atoms with Crippen LogP contribution >= 0.6 is 0 Å². The zero-order valence-electron chi connectivity index (χ0n) is 8.39. The first kappa shape index (κ1) is 10.2. The molecule has 0 aliphatic carbocycles. The van der Waals surface area contributed by atoms with Crippen LogP contribution in [-0.2, 0) is 6.54 Å². The molecular formula is C8H9N7O. The lowest BCUT2D eigenvalue weighted by Gasteiger charge is -1.94. The third kappa shape index (κ3) is 1.86. The highest BCUT2D eigenvalue weighted by Gasteiger charge is 2.04. The molecule has 16 heavy (non-hydrogen) atoms. The van der Waals surface area contributed by atoms with Crippen molar-refractivity contribution in [1.29, 1.82) is 0 Å². The molecule has 0 bridgehead atoms. The van der Waals surface area contributed by atoms with E-state index in [9.17, 15) is 4.79 Å². The van der Waals surface area contributed by atoms with Crippen molar-refractivity contribution in [3.05, 3.63) is 39.5 Å². The van der Waals surface area contributed by atoms with Crippen LogP contribution in [0.25, 0.3) is 16.1 Å².